The van der Waals surface area contributed by atoms with Gasteiger partial charge in [0, 0.05) is 12.3 Å². The van der Waals surface area contributed by atoms with Gasteiger partial charge in [-0.25, -0.2) is 8.42 Å². The van der Waals surface area contributed by atoms with Crippen LogP contribution in [0.1, 0.15) is 71.1 Å². The molecule has 124 valence electrons. The van der Waals surface area contributed by atoms with Gasteiger partial charge >= 0.3 is 0 Å². The first-order valence-corrected chi connectivity index (χ1v) is 10.9. The molecule has 2 saturated carbocycles. The van der Waals surface area contributed by atoms with Crippen molar-refractivity contribution < 1.29 is 8.42 Å². The molecule has 0 aromatic carbocycles. The fraction of sp³-hybridized carbons (Fsp3) is 1.00. The fourth-order valence-electron chi connectivity index (χ4n) is 4.52. The summed E-state index contributed by atoms with van der Waals surface area (Å²) in [6, 6.07) is 0.539. The van der Waals surface area contributed by atoms with Crippen LogP contribution in [0.5, 0.6) is 0 Å². The van der Waals surface area contributed by atoms with Crippen molar-refractivity contribution in [2.75, 3.05) is 12.8 Å². The minimum atomic E-state index is -2.87. The molecule has 0 bridgehead atoms. The van der Waals surface area contributed by atoms with Gasteiger partial charge in [-0.2, -0.15) is 0 Å². The second kappa shape index (κ2) is 7.96. The predicted octanol–water partition coefficient (Wildman–Crippen LogP) is 3.54. The van der Waals surface area contributed by atoms with E-state index in [4.69, 9.17) is 0 Å². The molecule has 0 aromatic heterocycles. The molecule has 21 heavy (non-hydrogen) atoms. The van der Waals surface area contributed by atoms with Gasteiger partial charge in [0.2, 0.25) is 0 Å². The molecule has 0 aliphatic heterocycles. The number of nitrogens with one attached hydrogen (secondary N) is 1. The van der Waals surface area contributed by atoms with Crippen LogP contribution in [0.3, 0.4) is 0 Å². The molecule has 0 aromatic rings. The Balaban J connectivity index is 2.05. The summed E-state index contributed by atoms with van der Waals surface area (Å²) in [6.07, 6.45) is 13.6. The van der Waals surface area contributed by atoms with Gasteiger partial charge in [-0.05, 0) is 50.5 Å². The average molecular weight is 316 g/mol. The van der Waals surface area contributed by atoms with Crippen molar-refractivity contribution in [3.8, 4) is 0 Å². The van der Waals surface area contributed by atoms with Crippen LogP contribution in [0.4, 0.5) is 0 Å². The van der Waals surface area contributed by atoms with Crippen molar-refractivity contribution in [1.82, 2.24) is 5.32 Å². The summed E-state index contributed by atoms with van der Waals surface area (Å²) in [7, 11) is -2.87. The molecule has 3 atom stereocenters. The Morgan fingerprint density at radius 3 is 2.14 bits per heavy atom. The molecule has 0 heterocycles. The SMILES string of the molecule is CCNC(C1CCCCCC1)C1CCCC(S(C)(=O)=O)C1. The molecule has 3 unspecified atom stereocenters. The van der Waals surface area contributed by atoms with Crippen LogP contribution < -0.4 is 5.32 Å². The van der Waals surface area contributed by atoms with Gasteiger partial charge < -0.3 is 5.32 Å². The van der Waals surface area contributed by atoms with Gasteiger partial charge in [0.15, 0.2) is 0 Å². The van der Waals surface area contributed by atoms with Crippen molar-refractivity contribution in [2.24, 2.45) is 11.8 Å². The quantitative estimate of drug-likeness (QED) is 0.789. The van der Waals surface area contributed by atoms with Gasteiger partial charge in [-0.1, -0.05) is 39.0 Å². The highest BCUT2D eigenvalue weighted by Gasteiger charge is 2.36. The Bertz CT molecular complexity index is 399. The summed E-state index contributed by atoms with van der Waals surface area (Å²) in [5, 5.41) is 3.63. The zero-order valence-corrected chi connectivity index (χ0v) is 14.6. The molecule has 0 saturated heterocycles. The minimum absolute atomic E-state index is 0.0943. The van der Waals surface area contributed by atoms with Gasteiger partial charge in [0.25, 0.3) is 0 Å². The van der Waals surface area contributed by atoms with E-state index in [2.05, 4.69) is 12.2 Å². The van der Waals surface area contributed by atoms with E-state index in [1.165, 1.54) is 51.2 Å². The molecule has 1 N–H and O–H groups in total. The minimum Gasteiger partial charge on any atom is -0.314 e. The van der Waals surface area contributed by atoms with Crippen LogP contribution in [0.15, 0.2) is 0 Å². The van der Waals surface area contributed by atoms with Crippen LogP contribution >= 0.6 is 0 Å². The zero-order chi connectivity index (χ0) is 15.3. The third-order valence-corrected chi connectivity index (χ3v) is 7.27. The lowest BCUT2D eigenvalue weighted by Crippen LogP contribution is -2.45. The summed E-state index contributed by atoms with van der Waals surface area (Å²) < 4.78 is 23.8. The molecule has 4 heteroatoms. The normalized spacial score (nSPS) is 30.8. The van der Waals surface area contributed by atoms with Crippen molar-refractivity contribution >= 4 is 9.84 Å². The first-order valence-electron chi connectivity index (χ1n) is 8.94. The Morgan fingerprint density at radius 1 is 0.952 bits per heavy atom. The van der Waals surface area contributed by atoms with Gasteiger partial charge in [0.1, 0.15) is 9.84 Å². The van der Waals surface area contributed by atoms with Crippen molar-refractivity contribution in [3.05, 3.63) is 0 Å². The Labute approximate surface area is 131 Å². The first kappa shape index (κ1) is 17.3. The highest BCUT2D eigenvalue weighted by molar-refractivity contribution is 7.91. The second-order valence-corrected chi connectivity index (χ2v) is 9.54. The Hall–Kier alpha value is -0.0900. The van der Waals surface area contributed by atoms with Crippen LogP contribution in [0.25, 0.3) is 0 Å². The molecule has 0 amide bonds. The maximum Gasteiger partial charge on any atom is 0.150 e. The van der Waals surface area contributed by atoms with E-state index in [1.807, 2.05) is 0 Å². The summed E-state index contributed by atoms with van der Waals surface area (Å²) in [5.41, 5.74) is 0. The molecule has 2 rings (SSSR count). The molecule has 0 radical (unpaired) electrons. The summed E-state index contributed by atoms with van der Waals surface area (Å²) >= 11 is 0. The van der Waals surface area contributed by atoms with Crippen LogP contribution in [0, 0.1) is 11.8 Å². The fourth-order valence-corrected chi connectivity index (χ4v) is 5.71. The lowest BCUT2D eigenvalue weighted by atomic mass is 9.76. The number of hydrogen-bond acceptors (Lipinski definition) is 3. The predicted molar refractivity (Wildman–Crippen MR) is 89.2 cm³/mol. The zero-order valence-electron chi connectivity index (χ0n) is 13.8. The lowest BCUT2D eigenvalue weighted by Gasteiger charge is -2.38. The van der Waals surface area contributed by atoms with E-state index in [-0.39, 0.29) is 5.25 Å². The van der Waals surface area contributed by atoms with E-state index < -0.39 is 9.84 Å². The molecule has 3 nitrogen and oxygen atoms in total. The van der Waals surface area contributed by atoms with Gasteiger partial charge in [-0.15, -0.1) is 0 Å². The summed E-state index contributed by atoms with van der Waals surface area (Å²) in [6.45, 7) is 3.18. The van der Waals surface area contributed by atoms with E-state index >= 15 is 0 Å². The lowest BCUT2D eigenvalue weighted by molar-refractivity contribution is 0.195. The Morgan fingerprint density at radius 2 is 1.57 bits per heavy atom. The Kier molecular flexibility index (Phi) is 6.54. The largest absolute Gasteiger partial charge is 0.314 e. The highest BCUT2D eigenvalue weighted by Crippen LogP contribution is 2.36. The molecular weight excluding hydrogens is 282 g/mol. The van der Waals surface area contributed by atoms with Gasteiger partial charge in [0.05, 0.1) is 5.25 Å². The maximum atomic E-state index is 11.9. The standard InChI is InChI=1S/C17H33NO2S/c1-3-18-17(14-9-6-4-5-7-10-14)15-11-8-12-16(13-15)21(2,19)20/h14-18H,3-13H2,1-2H3. The van der Waals surface area contributed by atoms with Crippen LogP contribution in [-0.4, -0.2) is 32.5 Å². The third kappa shape index (κ3) is 4.95. The van der Waals surface area contributed by atoms with Crippen molar-refractivity contribution in [1.29, 1.82) is 0 Å². The highest BCUT2D eigenvalue weighted by atomic mass is 32.2. The summed E-state index contributed by atoms with van der Waals surface area (Å²) in [4.78, 5) is 0. The average Bonchev–Trinajstić information content (AvgIpc) is 2.73. The topological polar surface area (TPSA) is 46.2 Å². The van der Waals surface area contributed by atoms with Crippen molar-refractivity contribution in [3.63, 3.8) is 0 Å². The number of hydrogen-bond donors (Lipinski definition) is 1. The third-order valence-electron chi connectivity index (χ3n) is 5.63. The second-order valence-electron chi connectivity index (χ2n) is 7.21. The van der Waals surface area contributed by atoms with Crippen molar-refractivity contribution in [2.45, 2.75) is 82.4 Å². The molecule has 0 spiro atoms. The maximum absolute atomic E-state index is 11.9. The molecule has 2 aliphatic rings. The van der Waals surface area contributed by atoms with Crippen LogP contribution in [0.2, 0.25) is 0 Å². The first-order chi connectivity index (χ1) is 10.0. The van der Waals surface area contributed by atoms with Gasteiger partial charge in [-0.3, -0.25) is 0 Å². The summed E-state index contributed by atoms with van der Waals surface area (Å²) in [5.74, 6) is 1.32. The van der Waals surface area contributed by atoms with E-state index in [0.717, 1.165) is 31.7 Å². The monoisotopic (exact) mass is 315 g/mol. The van der Waals surface area contributed by atoms with E-state index in [1.54, 1.807) is 0 Å². The number of sulfone groups is 1. The molecule has 2 fully saturated rings. The van der Waals surface area contributed by atoms with E-state index in [0.29, 0.717) is 12.0 Å². The smallest absolute Gasteiger partial charge is 0.150 e. The van der Waals surface area contributed by atoms with Crippen LogP contribution in [-0.2, 0) is 9.84 Å². The van der Waals surface area contributed by atoms with E-state index in [9.17, 15) is 8.42 Å². The number of rotatable bonds is 5. The molecule has 2 aliphatic carbocycles. The molecular formula is C17H33NO2S.